The smallest absolute Gasteiger partial charge is 0.300 e. The van der Waals surface area contributed by atoms with Crippen LogP contribution in [0, 0.1) is 9.71 Å². The molecule has 0 aromatic rings. The van der Waals surface area contributed by atoms with E-state index in [1.807, 2.05) is 0 Å². The second-order valence-corrected chi connectivity index (χ2v) is 0.587. The third-order valence-corrected chi connectivity index (χ3v) is 0. The van der Waals surface area contributed by atoms with Gasteiger partial charge < -0.3 is 10.6 Å². The highest BCUT2D eigenvalue weighted by atomic mass is 17.2. The third kappa shape index (κ3) is 51.8. The summed E-state index contributed by atoms with van der Waals surface area (Å²) in [5, 5.41) is 15.3. The zero-order chi connectivity index (χ0) is 6.28. The number of carboxylic acids is 1. The van der Waals surface area contributed by atoms with E-state index < -0.39 is 5.97 Å². The summed E-state index contributed by atoms with van der Waals surface area (Å²) in [5.41, 5.74) is 0. The summed E-state index contributed by atoms with van der Waals surface area (Å²) in [6.07, 6.45) is 0. The number of hydrogen-bond acceptors (Lipinski definition) is 3. The molecule has 0 spiro atoms. The van der Waals surface area contributed by atoms with Gasteiger partial charge in [-0.25, -0.2) is 0 Å². The molecular formula is C2H6O6. The van der Waals surface area contributed by atoms with Crippen molar-refractivity contribution in [1.82, 2.24) is 0 Å². The van der Waals surface area contributed by atoms with Gasteiger partial charge in [-0.2, -0.15) is 0 Å². The van der Waals surface area contributed by atoms with E-state index in [2.05, 4.69) is 0 Å². The van der Waals surface area contributed by atoms with Crippen molar-refractivity contribution in [2.75, 3.05) is 0 Å². The predicted octanol–water partition coefficient (Wildman–Crippen LogP) is -1.86. The van der Waals surface area contributed by atoms with Crippen LogP contribution in [0.4, 0.5) is 0 Å². The molecule has 6 heteroatoms. The van der Waals surface area contributed by atoms with E-state index in [9.17, 15) is 0 Å². The first-order valence-electron chi connectivity index (χ1n) is 1.26. The van der Waals surface area contributed by atoms with E-state index in [1.54, 1.807) is 4.75 Å². The molecule has 0 aromatic carbocycles. The van der Waals surface area contributed by atoms with Crippen LogP contribution in [0.2, 0.25) is 0 Å². The summed E-state index contributed by atoms with van der Waals surface area (Å²) >= 11 is 0. The molecule has 0 aliphatic rings. The van der Waals surface area contributed by atoms with Gasteiger partial charge in [0.1, 0.15) is 0 Å². The van der Waals surface area contributed by atoms with Gasteiger partial charge in [-0.1, -0.05) is 10.2 Å². The van der Waals surface area contributed by atoms with Gasteiger partial charge in [-0.3, -0.25) is 4.79 Å². The van der Waals surface area contributed by atoms with Crippen molar-refractivity contribution in [3.63, 3.8) is 0 Å². The first-order valence-corrected chi connectivity index (χ1v) is 1.26. The summed E-state index contributed by atoms with van der Waals surface area (Å²) in [4.78, 5) is 16.9. The predicted molar refractivity (Wildman–Crippen MR) is 23.7 cm³/mol. The molecule has 0 unspecified atom stereocenters. The quantitative estimate of drug-likeness (QED) is 0.232. The minimum Gasteiger partial charge on any atom is -0.481 e. The Balaban J connectivity index is -0.0000000575. The maximum absolute atomic E-state index is 9.00. The van der Waals surface area contributed by atoms with Gasteiger partial charge in [0.15, 0.2) is 4.75 Å². The number of hydrogen-bond donors (Lipinski definition) is 1. The average Bonchev–Trinajstić information content (AvgIpc) is 1.33. The highest BCUT2D eigenvalue weighted by Crippen LogP contribution is 1.42. The average molecular weight is 126 g/mol. The highest BCUT2D eigenvalue weighted by Gasteiger charge is 1.65. The summed E-state index contributed by atoms with van der Waals surface area (Å²) in [5.74, 6) is -0.833. The summed E-state index contributed by atoms with van der Waals surface area (Å²) in [7, 11) is 0. The maximum atomic E-state index is 9.00. The lowest BCUT2D eigenvalue weighted by molar-refractivity contribution is -0.284. The molecule has 0 bridgehead atoms. The number of rotatable bonds is 0. The van der Waals surface area contributed by atoms with Crippen molar-refractivity contribution in [1.29, 1.82) is 0 Å². The van der Waals surface area contributed by atoms with Crippen LogP contribution in [0.3, 0.4) is 0 Å². The van der Waals surface area contributed by atoms with Gasteiger partial charge in [-0.15, -0.1) is 0 Å². The van der Waals surface area contributed by atoms with E-state index >= 15 is 0 Å². The largest absolute Gasteiger partial charge is 0.481 e. The van der Waals surface area contributed by atoms with Gasteiger partial charge in [0.25, 0.3) is 5.97 Å². The zero-order valence-corrected chi connectivity index (χ0v) is 4.08. The lowest BCUT2D eigenvalue weighted by atomic mass is 10.9. The van der Waals surface area contributed by atoms with Crippen LogP contribution in [0.25, 0.3) is 0 Å². The molecule has 0 fully saturated rings. The zero-order valence-electron chi connectivity index (χ0n) is 4.08. The van der Waals surface area contributed by atoms with E-state index in [4.69, 9.17) is 20.1 Å². The second-order valence-electron chi connectivity index (χ2n) is 0.587. The van der Waals surface area contributed by atoms with Crippen LogP contribution in [-0.4, -0.2) is 16.6 Å². The summed E-state index contributed by atoms with van der Waals surface area (Å²) < 4.78 is 1.75. The van der Waals surface area contributed by atoms with Crippen LogP contribution in [-0.2, 0) is 4.79 Å². The van der Waals surface area contributed by atoms with Gasteiger partial charge >= 0.3 is 0 Å². The molecule has 0 aromatic heterocycles. The van der Waals surface area contributed by atoms with Crippen LogP contribution in [0.1, 0.15) is 6.92 Å². The fourth-order valence-electron chi connectivity index (χ4n) is 0. The van der Waals surface area contributed by atoms with E-state index in [0.29, 0.717) is 0 Å². The van der Waals surface area contributed by atoms with Crippen molar-refractivity contribution in [3.8, 4) is 0 Å². The molecule has 0 aliphatic carbocycles. The second kappa shape index (κ2) is 17.0. The number of carboxylic acid groups (broad SMARTS) is 1. The van der Waals surface area contributed by atoms with Crippen LogP contribution in [0.15, 0.2) is 0 Å². The van der Waals surface area contributed by atoms with E-state index in [1.165, 1.54) is 0 Å². The summed E-state index contributed by atoms with van der Waals surface area (Å²) in [6.45, 7) is 1.08. The Labute approximate surface area is 44.5 Å². The molecule has 0 saturated heterocycles. The third-order valence-electron chi connectivity index (χ3n) is 0. The molecular weight excluding hydrogens is 120 g/mol. The fraction of sp³-hybridized carbons (Fsp3) is 0.500. The molecule has 8 heavy (non-hydrogen) atoms. The van der Waals surface area contributed by atoms with Gasteiger partial charge in [0.2, 0.25) is 0 Å². The normalized spacial score (nSPS) is 4.62. The van der Waals surface area contributed by atoms with E-state index in [0.717, 1.165) is 6.92 Å². The minimum atomic E-state index is -0.833. The molecule has 3 N–H and O–H groups in total. The molecule has 0 aliphatic heterocycles. The molecule has 0 amide bonds. The first-order chi connectivity index (χ1) is 3.15. The topological polar surface area (TPSA) is 120 Å². The van der Waals surface area contributed by atoms with Crippen molar-refractivity contribution < 1.29 is 20.6 Å². The molecule has 0 saturated carbocycles. The maximum Gasteiger partial charge on any atom is 0.300 e. The van der Waals surface area contributed by atoms with Gasteiger partial charge in [-0.05, 0) is 0 Å². The monoisotopic (exact) mass is 126 g/mol. The van der Waals surface area contributed by atoms with E-state index in [-0.39, 0.29) is 5.48 Å². The SMILES string of the molecule is CC(=O)O.O.O=[O+][O-]. The first kappa shape index (κ1) is 15.8. The number of carbonyl (C=O) groups is 1. The van der Waals surface area contributed by atoms with Gasteiger partial charge in [0, 0.05) is 6.92 Å². The van der Waals surface area contributed by atoms with Crippen LogP contribution < -0.4 is 5.26 Å². The molecule has 0 rings (SSSR count). The Morgan fingerprint density at radius 2 is 1.75 bits per heavy atom. The lowest BCUT2D eigenvalue weighted by Crippen LogP contribution is -1.82. The van der Waals surface area contributed by atoms with Crippen molar-refractivity contribution in [2.45, 2.75) is 6.92 Å². The van der Waals surface area contributed by atoms with Crippen molar-refractivity contribution in [3.05, 3.63) is 9.71 Å². The Morgan fingerprint density at radius 1 is 1.75 bits per heavy atom. The lowest BCUT2D eigenvalue weighted by Gasteiger charge is -1.59. The Morgan fingerprint density at radius 3 is 1.75 bits per heavy atom. The molecule has 0 radical (unpaired) electrons. The van der Waals surface area contributed by atoms with Crippen LogP contribution in [0.5, 0.6) is 0 Å². The van der Waals surface area contributed by atoms with Crippen molar-refractivity contribution >= 4 is 5.97 Å². The fourth-order valence-corrected chi connectivity index (χ4v) is 0. The van der Waals surface area contributed by atoms with Crippen LogP contribution >= 0.6 is 0 Å². The number of aliphatic carboxylic acids is 1. The Hall–Kier alpha value is -1.17. The van der Waals surface area contributed by atoms with Gasteiger partial charge in [0.05, 0.1) is 0 Å². The molecule has 50 valence electrons. The molecule has 0 heterocycles. The Bertz CT molecular complexity index is 53.5. The highest BCUT2D eigenvalue weighted by molar-refractivity contribution is 5.62. The Kier molecular flexibility index (Phi) is 33.6. The van der Waals surface area contributed by atoms with Crippen molar-refractivity contribution in [2.24, 2.45) is 0 Å². The minimum absolute atomic E-state index is 0. The standard InChI is InChI=1S/C2H4O2.O3.H2O/c1-2(3)4;1-3-2;/h1H3,(H,3,4);;1H2. The molecule has 6 nitrogen and oxygen atoms in total. The molecule has 0 atom stereocenters. The summed E-state index contributed by atoms with van der Waals surface area (Å²) in [6, 6.07) is 0.